The molecule has 3 aromatic rings. The molecular weight excluding hydrogens is 322 g/mol. The van der Waals surface area contributed by atoms with Gasteiger partial charge in [0.05, 0.1) is 0 Å². The molecule has 0 bridgehead atoms. The number of hydrogen-bond donors (Lipinski definition) is 1. The minimum atomic E-state index is 0.126. The van der Waals surface area contributed by atoms with Gasteiger partial charge >= 0.3 is 0 Å². The van der Waals surface area contributed by atoms with E-state index in [0.29, 0.717) is 0 Å². The molecule has 0 saturated carbocycles. The molecule has 0 spiro atoms. The third kappa shape index (κ3) is 2.96. The van der Waals surface area contributed by atoms with Crippen molar-refractivity contribution in [2.75, 3.05) is 32.1 Å². The summed E-state index contributed by atoms with van der Waals surface area (Å²) in [6, 6.07) is 14.4. The van der Waals surface area contributed by atoms with Gasteiger partial charge in [0, 0.05) is 61.5 Å². The first kappa shape index (κ1) is 16.7. The number of carbonyl (C=O) groups excluding carboxylic acids is 1. The molecule has 2 aromatic carbocycles. The molecule has 4 nitrogen and oxygen atoms in total. The summed E-state index contributed by atoms with van der Waals surface area (Å²) < 4.78 is 0. The Hall–Kier alpha value is -2.75. The van der Waals surface area contributed by atoms with Crippen LogP contribution in [0.25, 0.3) is 10.9 Å². The molecule has 0 radical (unpaired) electrons. The number of aromatic nitrogens is 1. The molecule has 1 N–H and O–H groups in total. The van der Waals surface area contributed by atoms with Gasteiger partial charge in [0.25, 0.3) is 5.91 Å². The molecule has 0 saturated heterocycles. The molecule has 1 aromatic heterocycles. The van der Waals surface area contributed by atoms with E-state index in [1.165, 1.54) is 27.7 Å². The van der Waals surface area contributed by atoms with Gasteiger partial charge in [-0.1, -0.05) is 11.6 Å². The molecule has 0 atom stereocenters. The summed E-state index contributed by atoms with van der Waals surface area (Å²) >= 11 is 0. The fourth-order valence-corrected chi connectivity index (χ4v) is 3.81. The van der Waals surface area contributed by atoms with Crippen LogP contribution in [0, 0.1) is 6.92 Å². The second-order valence-corrected chi connectivity index (χ2v) is 7.36. The highest BCUT2D eigenvalue weighted by atomic mass is 16.2. The second kappa shape index (κ2) is 6.52. The van der Waals surface area contributed by atoms with Crippen LogP contribution in [0.5, 0.6) is 0 Å². The van der Waals surface area contributed by atoms with Gasteiger partial charge in [0.15, 0.2) is 0 Å². The number of aryl methyl sites for hydroxylation is 1. The summed E-state index contributed by atoms with van der Waals surface area (Å²) in [5.41, 5.74) is 7.01. The van der Waals surface area contributed by atoms with Crippen molar-refractivity contribution in [3.63, 3.8) is 0 Å². The lowest BCUT2D eigenvalue weighted by molar-refractivity contribution is 0.0763. The summed E-state index contributed by atoms with van der Waals surface area (Å²) in [7, 11) is 4.01. The highest BCUT2D eigenvalue weighted by Crippen LogP contribution is 2.27. The molecule has 4 rings (SSSR count). The summed E-state index contributed by atoms with van der Waals surface area (Å²) in [6.45, 7) is 3.65. The molecule has 26 heavy (non-hydrogen) atoms. The monoisotopic (exact) mass is 347 g/mol. The van der Waals surface area contributed by atoms with Gasteiger partial charge in [0.2, 0.25) is 0 Å². The third-order valence-electron chi connectivity index (χ3n) is 5.33. The molecule has 0 unspecified atom stereocenters. The van der Waals surface area contributed by atoms with Crippen molar-refractivity contribution in [2.24, 2.45) is 0 Å². The number of anilines is 1. The number of fused-ring (bicyclic) bond motifs is 3. The molecular formula is C22H25N3O. The number of amides is 1. The first-order valence-electron chi connectivity index (χ1n) is 9.19. The fourth-order valence-electron chi connectivity index (χ4n) is 3.81. The van der Waals surface area contributed by atoms with Crippen molar-refractivity contribution in [3.05, 3.63) is 64.8 Å². The Bertz CT molecular complexity index is 953. The Morgan fingerprint density at radius 3 is 2.50 bits per heavy atom. The number of carbonyl (C=O) groups is 1. The first-order chi connectivity index (χ1) is 12.5. The predicted octanol–water partition coefficient (Wildman–Crippen LogP) is 3.78. The maximum absolute atomic E-state index is 12.9. The maximum atomic E-state index is 12.9. The zero-order valence-electron chi connectivity index (χ0n) is 15.7. The number of hydrogen-bond acceptors (Lipinski definition) is 2. The number of aromatic amines is 1. The second-order valence-electron chi connectivity index (χ2n) is 7.36. The van der Waals surface area contributed by atoms with Crippen molar-refractivity contribution in [3.8, 4) is 0 Å². The average molecular weight is 347 g/mol. The molecule has 4 heteroatoms. The van der Waals surface area contributed by atoms with E-state index < -0.39 is 0 Å². The zero-order chi connectivity index (χ0) is 18.3. The van der Waals surface area contributed by atoms with E-state index in [0.717, 1.165) is 37.2 Å². The van der Waals surface area contributed by atoms with Gasteiger partial charge in [-0.2, -0.15) is 0 Å². The Balaban J connectivity index is 1.55. The van der Waals surface area contributed by atoms with Gasteiger partial charge in [-0.3, -0.25) is 4.79 Å². The van der Waals surface area contributed by atoms with E-state index in [2.05, 4.69) is 30.1 Å². The van der Waals surface area contributed by atoms with E-state index in [1.54, 1.807) is 0 Å². The smallest absolute Gasteiger partial charge is 0.253 e. The van der Waals surface area contributed by atoms with Crippen molar-refractivity contribution < 1.29 is 4.79 Å². The number of benzene rings is 2. The van der Waals surface area contributed by atoms with E-state index in [9.17, 15) is 4.79 Å². The minimum Gasteiger partial charge on any atom is -0.378 e. The fraction of sp³-hybridized carbons (Fsp3) is 0.318. The average Bonchev–Trinajstić information content (AvgIpc) is 2.84. The summed E-state index contributed by atoms with van der Waals surface area (Å²) in [5.74, 6) is 0.126. The lowest BCUT2D eigenvalue weighted by Gasteiger charge is -2.21. The molecule has 2 heterocycles. The van der Waals surface area contributed by atoms with E-state index in [-0.39, 0.29) is 5.91 Å². The topological polar surface area (TPSA) is 39.3 Å². The molecule has 1 amide bonds. The van der Waals surface area contributed by atoms with Crippen LogP contribution in [0.2, 0.25) is 0 Å². The van der Waals surface area contributed by atoms with E-state index >= 15 is 0 Å². The molecule has 134 valence electrons. The van der Waals surface area contributed by atoms with E-state index in [4.69, 9.17) is 0 Å². The quantitative estimate of drug-likeness (QED) is 0.766. The Kier molecular flexibility index (Phi) is 4.19. The maximum Gasteiger partial charge on any atom is 0.253 e. The van der Waals surface area contributed by atoms with Crippen LogP contribution in [0.15, 0.2) is 42.5 Å². The zero-order valence-corrected chi connectivity index (χ0v) is 15.7. The number of H-pyrrole nitrogens is 1. The van der Waals surface area contributed by atoms with Crippen molar-refractivity contribution in [2.45, 2.75) is 19.8 Å². The van der Waals surface area contributed by atoms with Crippen LogP contribution in [-0.4, -0.2) is 43.0 Å². The van der Waals surface area contributed by atoms with Crippen molar-refractivity contribution in [1.82, 2.24) is 9.88 Å². The van der Waals surface area contributed by atoms with Crippen molar-refractivity contribution >= 4 is 22.5 Å². The number of rotatable bonds is 2. The standard InChI is InChI=1S/C22H25N3O/c1-15-4-9-20-19(14-15)18-10-12-25(13-11-21(18)23-20)22(26)16-5-7-17(8-6-16)24(2)3/h4-9,14,23H,10-13H2,1-3H3. The van der Waals surface area contributed by atoms with Crippen LogP contribution in [0.4, 0.5) is 5.69 Å². The molecule has 1 aliphatic heterocycles. The highest BCUT2D eigenvalue weighted by molar-refractivity contribution is 5.95. The Morgan fingerprint density at radius 1 is 1.04 bits per heavy atom. The lowest BCUT2D eigenvalue weighted by Crippen LogP contribution is -2.33. The SMILES string of the molecule is Cc1ccc2[nH]c3c(c2c1)CCN(C(=O)c1ccc(N(C)C)cc1)CC3. The lowest BCUT2D eigenvalue weighted by atomic mass is 10.1. The third-order valence-corrected chi connectivity index (χ3v) is 5.33. The predicted molar refractivity (Wildman–Crippen MR) is 107 cm³/mol. The minimum absolute atomic E-state index is 0.126. The summed E-state index contributed by atoms with van der Waals surface area (Å²) in [6.07, 6.45) is 1.78. The molecule has 0 fully saturated rings. The van der Waals surface area contributed by atoms with Crippen LogP contribution in [-0.2, 0) is 12.8 Å². The van der Waals surface area contributed by atoms with Gasteiger partial charge in [-0.15, -0.1) is 0 Å². The van der Waals surface area contributed by atoms with E-state index in [1.807, 2.05) is 48.2 Å². The first-order valence-corrected chi connectivity index (χ1v) is 9.19. The molecule has 1 aliphatic rings. The van der Waals surface area contributed by atoms with Gasteiger partial charge in [-0.25, -0.2) is 0 Å². The van der Waals surface area contributed by atoms with Crippen LogP contribution in [0.3, 0.4) is 0 Å². The van der Waals surface area contributed by atoms with Crippen LogP contribution < -0.4 is 4.90 Å². The molecule has 0 aliphatic carbocycles. The normalized spacial score (nSPS) is 14.2. The summed E-state index contributed by atoms with van der Waals surface area (Å²) in [5, 5.41) is 1.31. The van der Waals surface area contributed by atoms with Crippen LogP contribution in [0.1, 0.15) is 27.2 Å². The largest absolute Gasteiger partial charge is 0.378 e. The number of nitrogens with zero attached hydrogens (tertiary/aromatic N) is 2. The number of nitrogens with one attached hydrogen (secondary N) is 1. The van der Waals surface area contributed by atoms with Gasteiger partial charge < -0.3 is 14.8 Å². The Morgan fingerprint density at radius 2 is 1.77 bits per heavy atom. The van der Waals surface area contributed by atoms with Gasteiger partial charge in [0.1, 0.15) is 0 Å². The van der Waals surface area contributed by atoms with Crippen molar-refractivity contribution in [1.29, 1.82) is 0 Å². The highest BCUT2D eigenvalue weighted by Gasteiger charge is 2.22. The van der Waals surface area contributed by atoms with Crippen LogP contribution >= 0.6 is 0 Å². The summed E-state index contributed by atoms with van der Waals surface area (Å²) in [4.78, 5) is 20.5. The van der Waals surface area contributed by atoms with Gasteiger partial charge in [-0.05, 0) is 55.3 Å². The Labute approximate surface area is 154 Å².